The van der Waals surface area contributed by atoms with Crippen molar-refractivity contribution in [1.29, 1.82) is 0 Å². The molecular weight excluding hydrogens is 230 g/mol. The Morgan fingerprint density at radius 2 is 2.35 bits per heavy atom. The van der Waals surface area contributed by atoms with E-state index in [9.17, 15) is 0 Å². The Morgan fingerprint density at radius 3 is 3.06 bits per heavy atom. The highest BCUT2D eigenvalue weighted by Gasteiger charge is 2.25. The number of rotatable bonds is 2. The van der Waals surface area contributed by atoms with Gasteiger partial charge in [-0.1, -0.05) is 6.42 Å². The minimum absolute atomic E-state index is 0.529. The van der Waals surface area contributed by atoms with Crippen molar-refractivity contribution >= 4 is 11.3 Å². The number of thiazole rings is 1. The van der Waals surface area contributed by atoms with Crippen molar-refractivity contribution in [2.24, 2.45) is 0 Å². The molecule has 0 bridgehead atoms. The van der Waals surface area contributed by atoms with Crippen molar-refractivity contribution in [3.63, 3.8) is 0 Å². The third kappa shape index (κ3) is 2.54. The van der Waals surface area contributed by atoms with Crippen molar-refractivity contribution in [3.05, 3.63) is 16.1 Å². The topological polar surface area (TPSA) is 28.2 Å². The summed E-state index contributed by atoms with van der Waals surface area (Å²) < 4.78 is 0. The van der Waals surface area contributed by atoms with E-state index in [1.807, 2.05) is 11.3 Å². The van der Waals surface area contributed by atoms with Gasteiger partial charge in [-0.05, 0) is 39.4 Å². The summed E-state index contributed by atoms with van der Waals surface area (Å²) in [6.07, 6.45) is 5.20. The molecule has 2 unspecified atom stereocenters. The van der Waals surface area contributed by atoms with Gasteiger partial charge in [-0.25, -0.2) is 4.98 Å². The van der Waals surface area contributed by atoms with Crippen molar-refractivity contribution in [1.82, 2.24) is 15.2 Å². The van der Waals surface area contributed by atoms with Gasteiger partial charge in [-0.3, -0.25) is 0 Å². The van der Waals surface area contributed by atoms with Crippen LogP contribution in [0.15, 0.2) is 5.38 Å². The van der Waals surface area contributed by atoms with Gasteiger partial charge in [-0.2, -0.15) is 0 Å². The van der Waals surface area contributed by atoms with Crippen LogP contribution in [0.2, 0.25) is 0 Å². The second-order valence-electron chi connectivity index (χ2n) is 5.36. The number of nitrogens with zero attached hydrogens (tertiary/aromatic N) is 2. The number of aromatic nitrogens is 1. The van der Waals surface area contributed by atoms with E-state index in [1.54, 1.807) is 0 Å². The predicted molar refractivity (Wildman–Crippen MR) is 71.6 cm³/mol. The quantitative estimate of drug-likeness (QED) is 0.874. The Morgan fingerprint density at radius 1 is 1.41 bits per heavy atom. The number of likely N-dealkylation sites (N-methyl/N-ethyl adjacent to an activating group) is 1. The molecule has 2 fully saturated rings. The fourth-order valence-corrected chi connectivity index (χ4v) is 3.90. The van der Waals surface area contributed by atoms with Gasteiger partial charge in [0, 0.05) is 17.8 Å². The van der Waals surface area contributed by atoms with Gasteiger partial charge in [0.05, 0.1) is 11.7 Å². The van der Waals surface area contributed by atoms with Crippen LogP contribution >= 0.6 is 11.3 Å². The van der Waals surface area contributed by atoms with E-state index in [0.29, 0.717) is 12.0 Å². The largest absolute Gasteiger partial charge is 0.308 e. The summed E-state index contributed by atoms with van der Waals surface area (Å²) in [6, 6.07) is 0.529. The molecule has 0 saturated carbocycles. The number of hydrogen-bond acceptors (Lipinski definition) is 4. The fraction of sp³-hybridized carbons (Fsp3) is 0.769. The molecule has 1 aromatic heterocycles. The molecule has 2 aliphatic rings. The third-order valence-electron chi connectivity index (χ3n) is 3.96. The monoisotopic (exact) mass is 251 g/mol. The normalized spacial score (nSPS) is 30.9. The molecule has 0 aliphatic carbocycles. The standard InChI is InChI=1S/C13H21N3S/c1-16-7-5-10(8-16)12-9-17-13(15-12)11-4-2-3-6-14-11/h9-11,14H,2-8H2,1H3. The van der Waals surface area contributed by atoms with Gasteiger partial charge in [0.15, 0.2) is 0 Å². The number of nitrogens with one attached hydrogen (secondary N) is 1. The summed E-state index contributed by atoms with van der Waals surface area (Å²) in [7, 11) is 2.20. The lowest BCUT2D eigenvalue weighted by Crippen LogP contribution is -2.26. The van der Waals surface area contributed by atoms with E-state index >= 15 is 0 Å². The Balaban J connectivity index is 1.69. The Kier molecular flexibility index (Phi) is 3.45. The highest BCUT2D eigenvalue weighted by atomic mass is 32.1. The molecular formula is C13H21N3S. The molecule has 3 rings (SSSR count). The highest BCUT2D eigenvalue weighted by Crippen LogP contribution is 2.31. The van der Waals surface area contributed by atoms with Gasteiger partial charge in [0.2, 0.25) is 0 Å². The van der Waals surface area contributed by atoms with E-state index in [2.05, 4.69) is 22.6 Å². The Bertz CT molecular complexity index is 351. The molecule has 0 spiro atoms. The molecule has 4 heteroatoms. The summed E-state index contributed by atoms with van der Waals surface area (Å²) in [5.74, 6) is 0.675. The van der Waals surface area contributed by atoms with Gasteiger partial charge in [-0.15, -0.1) is 11.3 Å². The molecule has 0 aromatic carbocycles. The van der Waals surface area contributed by atoms with Gasteiger partial charge in [0.1, 0.15) is 5.01 Å². The minimum atomic E-state index is 0.529. The first-order valence-electron chi connectivity index (χ1n) is 6.70. The molecule has 94 valence electrons. The molecule has 3 nitrogen and oxygen atoms in total. The van der Waals surface area contributed by atoms with Crippen molar-refractivity contribution in [2.75, 3.05) is 26.7 Å². The van der Waals surface area contributed by atoms with E-state index in [0.717, 1.165) is 6.54 Å². The summed E-state index contributed by atoms with van der Waals surface area (Å²) in [4.78, 5) is 7.29. The van der Waals surface area contributed by atoms with Gasteiger partial charge >= 0.3 is 0 Å². The molecule has 3 heterocycles. The Labute approximate surface area is 107 Å². The molecule has 0 radical (unpaired) electrons. The minimum Gasteiger partial charge on any atom is -0.308 e. The summed E-state index contributed by atoms with van der Waals surface area (Å²) in [5, 5.41) is 7.19. The van der Waals surface area contributed by atoms with Crippen molar-refractivity contribution in [3.8, 4) is 0 Å². The average molecular weight is 251 g/mol. The first-order valence-corrected chi connectivity index (χ1v) is 7.58. The maximum atomic E-state index is 4.88. The van der Waals surface area contributed by atoms with Crippen LogP contribution in [0, 0.1) is 0 Å². The zero-order valence-electron chi connectivity index (χ0n) is 10.5. The molecule has 1 aromatic rings. The third-order valence-corrected chi connectivity index (χ3v) is 4.93. The summed E-state index contributed by atoms with van der Waals surface area (Å²) >= 11 is 1.85. The zero-order chi connectivity index (χ0) is 11.7. The van der Waals surface area contributed by atoms with E-state index in [4.69, 9.17) is 4.98 Å². The number of piperidine rings is 1. The maximum absolute atomic E-state index is 4.88. The second-order valence-corrected chi connectivity index (χ2v) is 6.25. The van der Waals surface area contributed by atoms with Crippen LogP contribution < -0.4 is 5.32 Å². The summed E-state index contributed by atoms with van der Waals surface area (Å²) in [5.41, 5.74) is 1.33. The van der Waals surface area contributed by atoms with Crippen molar-refractivity contribution < 1.29 is 0 Å². The predicted octanol–water partition coefficient (Wildman–Crippen LogP) is 2.38. The molecule has 2 atom stereocenters. The van der Waals surface area contributed by atoms with Crippen LogP contribution in [0.5, 0.6) is 0 Å². The van der Waals surface area contributed by atoms with Crippen LogP contribution in [0.4, 0.5) is 0 Å². The molecule has 2 aliphatic heterocycles. The lowest BCUT2D eigenvalue weighted by atomic mass is 10.0. The SMILES string of the molecule is CN1CCC(c2csc(C3CCCCN3)n2)C1. The molecule has 1 N–H and O–H groups in total. The summed E-state index contributed by atoms with van der Waals surface area (Å²) in [6.45, 7) is 3.56. The number of hydrogen-bond donors (Lipinski definition) is 1. The van der Waals surface area contributed by atoms with Crippen molar-refractivity contribution in [2.45, 2.75) is 37.6 Å². The smallest absolute Gasteiger partial charge is 0.110 e. The average Bonchev–Trinajstić information content (AvgIpc) is 2.98. The van der Waals surface area contributed by atoms with E-state index < -0.39 is 0 Å². The zero-order valence-corrected chi connectivity index (χ0v) is 11.3. The van der Waals surface area contributed by atoms with Crippen LogP contribution in [-0.4, -0.2) is 36.6 Å². The Hall–Kier alpha value is -0.450. The lowest BCUT2D eigenvalue weighted by Gasteiger charge is -2.21. The van der Waals surface area contributed by atoms with E-state index in [1.165, 1.54) is 49.5 Å². The molecule has 0 amide bonds. The highest BCUT2D eigenvalue weighted by molar-refractivity contribution is 7.09. The first kappa shape index (κ1) is 11.6. The van der Waals surface area contributed by atoms with Crippen LogP contribution in [0.1, 0.15) is 48.3 Å². The molecule has 17 heavy (non-hydrogen) atoms. The van der Waals surface area contributed by atoms with Gasteiger partial charge < -0.3 is 10.2 Å². The lowest BCUT2D eigenvalue weighted by molar-refractivity contribution is 0.406. The first-order chi connectivity index (χ1) is 8.33. The van der Waals surface area contributed by atoms with Crippen LogP contribution in [0.25, 0.3) is 0 Å². The fourth-order valence-electron chi connectivity index (χ4n) is 2.89. The van der Waals surface area contributed by atoms with Gasteiger partial charge in [0.25, 0.3) is 0 Å². The number of likely N-dealkylation sites (tertiary alicyclic amines) is 1. The molecule has 2 saturated heterocycles. The van der Waals surface area contributed by atoms with Crippen LogP contribution in [-0.2, 0) is 0 Å². The van der Waals surface area contributed by atoms with E-state index in [-0.39, 0.29) is 0 Å². The second kappa shape index (κ2) is 5.04. The maximum Gasteiger partial charge on any atom is 0.110 e. The van der Waals surface area contributed by atoms with Crippen LogP contribution in [0.3, 0.4) is 0 Å².